The van der Waals surface area contributed by atoms with E-state index in [4.69, 9.17) is 25.7 Å². The van der Waals surface area contributed by atoms with Crippen LogP contribution >= 0.6 is 0 Å². The van der Waals surface area contributed by atoms with E-state index >= 15 is 0 Å². The molecule has 3 amide bonds. The first-order valence-electron chi connectivity index (χ1n) is 10.7. The number of ether oxygens (including phenoxy) is 3. The molecule has 5 rings (SSSR count). The highest BCUT2D eigenvalue weighted by Gasteiger charge is 2.73. The number of nitrogens with one attached hydrogen (secondary N) is 1. The van der Waals surface area contributed by atoms with Crippen molar-refractivity contribution in [2.24, 2.45) is 5.73 Å². The molecule has 0 spiro atoms. The summed E-state index contributed by atoms with van der Waals surface area (Å²) in [4.78, 5) is 50.5. The van der Waals surface area contributed by atoms with Crippen molar-refractivity contribution in [3.8, 4) is 0 Å². The van der Waals surface area contributed by atoms with Crippen LogP contribution in [0.3, 0.4) is 0 Å². The predicted octanol–water partition coefficient (Wildman–Crippen LogP) is -3.04. The largest absolute Gasteiger partial charge is 0.442 e. The molecule has 2 aromatic heterocycles. The zero-order valence-electron chi connectivity index (χ0n) is 18.7. The average Bonchev–Trinajstić information content (AvgIpc) is 3.50. The Morgan fingerprint density at radius 3 is 2.74 bits per heavy atom. The van der Waals surface area contributed by atoms with E-state index in [9.17, 15) is 24.6 Å². The fourth-order valence-electron chi connectivity index (χ4n) is 4.77. The average molecular weight is 492 g/mol. The van der Waals surface area contributed by atoms with Crippen LogP contribution in [0.25, 0.3) is 11.2 Å². The predicted molar refractivity (Wildman–Crippen MR) is 113 cm³/mol. The van der Waals surface area contributed by atoms with E-state index in [0.29, 0.717) is 5.52 Å². The highest BCUT2D eigenvalue weighted by atomic mass is 16.6. The van der Waals surface area contributed by atoms with Crippen LogP contribution in [0.2, 0.25) is 0 Å². The number of aromatic nitrogens is 4. The Labute approximate surface area is 197 Å². The topological polar surface area (TPSA) is 230 Å². The third-order valence-corrected chi connectivity index (χ3v) is 6.79. The van der Waals surface area contributed by atoms with E-state index < -0.39 is 59.9 Å². The number of carbonyl (C=O) groups excluding carboxylic acids is 3. The van der Waals surface area contributed by atoms with Gasteiger partial charge in [0.15, 0.2) is 23.8 Å². The summed E-state index contributed by atoms with van der Waals surface area (Å²) in [5.41, 5.74) is 8.54. The van der Waals surface area contributed by atoms with Crippen LogP contribution in [0.1, 0.15) is 19.6 Å². The first-order chi connectivity index (χ1) is 16.5. The third kappa shape index (κ3) is 3.21. The summed E-state index contributed by atoms with van der Waals surface area (Å²) < 4.78 is 18.1. The number of likely N-dealkylation sites (N-methyl/N-ethyl adjacent to an activating group) is 1. The number of nitrogen functional groups attached to an aromatic ring is 1. The number of alkyl carbamates (subject to hydrolysis) is 1. The van der Waals surface area contributed by atoms with Crippen molar-refractivity contribution in [1.82, 2.24) is 29.7 Å². The number of hydrogen-bond donors (Lipinski definition) is 5. The smallest absolute Gasteiger partial charge is 0.407 e. The molecule has 0 saturated carbocycles. The summed E-state index contributed by atoms with van der Waals surface area (Å²) in [6.45, 7) is 1.32. The number of fused-ring (bicyclic) bond motifs is 3. The minimum atomic E-state index is -2.11. The van der Waals surface area contributed by atoms with Gasteiger partial charge in [0.25, 0.3) is 17.4 Å². The number of aliphatic hydroxyl groups is 2. The van der Waals surface area contributed by atoms with Crippen molar-refractivity contribution >= 4 is 34.9 Å². The number of rotatable bonds is 5. The van der Waals surface area contributed by atoms with Gasteiger partial charge >= 0.3 is 6.09 Å². The van der Waals surface area contributed by atoms with Crippen molar-refractivity contribution in [2.75, 3.05) is 19.3 Å². The van der Waals surface area contributed by atoms with Crippen molar-refractivity contribution in [1.29, 1.82) is 0 Å². The number of anilines is 1. The van der Waals surface area contributed by atoms with Gasteiger partial charge in [0, 0.05) is 20.0 Å². The molecule has 0 aromatic carbocycles. The van der Waals surface area contributed by atoms with Crippen LogP contribution in [0.15, 0.2) is 12.7 Å². The molecule has 3 aliphatic rings. The Bertz CT molecular complexity index is 1220. The summed E-state index contributed by atoms with van der Waals surface area (Å²) in [5, 5.41) is 23.4. The Hall–Kier alpha value is -3.60. The number of piperidine rings is 1. The van der Waals surface area contributed by atoms with Gasteiger partial charge in [0.2, 0.25) is 0 Å². The number of aliphatic hydroxyl groups excluding tert-OH is 2. The summed E-state index contributed by atoms with van der Waals surface area (Å²) in [6, 6.07) is 0. The SMILES string of the molecule is CN1C(=O)[C@@]2(C(N)=O)O[C@]1(C)C[C@H]2OC(=O)NC[C@H]1O[C@@H](n2cnc3c(N)ncnc32)[C@H](O)[C@@H]1O. The lowest BCUT2D eigenvalue weighted by atomic mass is 9.88. The molecule has 35 heavy (non-hydrogen) atoms. The monoisotopic (exact) mass is 492 g/mol. The molecule has 0 unspecified atom stereocenters. The van der Waals surface area contributed by atoms with Crippen LogP contribution in [0.4, 0.5) is 10.6 Å². The van der Waals surface area contributed by atoms with Crippen LogP contribution in [-0.4, -0.2) is 102 Å². The Kier molecular flexibility index (Phi) is 5.10. The second-order valence-corrected chi connectivity index (χ2v) is 8.85. The Morgan fingerprint density at radius 1 is 1.31 bits per heavy atom. The van der Waals surface area contributed by atoms with Gasteiger partial charge in [0.1, 0.15) is 35.9 Å². The Morgan fingerprint density at radius 2 is 2.06 bits per heavy atom. The van der Waals surface area contributed by atoms with Crippen molar-refractivity contribution in [2.45, 2.75) is 55.3 Å². The van der Waals surface area contributed by atoms with Gasteiger partial charge < -0.3 is 46.1 Å². The second-order valence-electron chi connectivity index (χ2n) is 8.85. The van der Waals surface area contributed by atoms with Gasteiger partial charge in [-0.1, -0.05) is 0 Å². The van der Waals surface area contributed by atoms with Crippen molar-refractivity contribution < 1.29 is 38.8 Å². The standard InChI is InChI=1S/C19H24N8O8/c1-18-3-8(19(35-18,15(21)30)16(31)26(18)2)34-17(32)22-4-7-10(28)11(29)14(33-7)27-6-25-9-12(20)23-5-24-13(9)27/h5-8,10-11,14,28-29H,3-4H2,1-2H3,(H2,21,30)(H,22,32)(H2,20,23,24)/t7-,8-,10-,11-,14-,18-,19-/m1/s1. The van der Waals surface area contributed by atoms with Gasteiger partial charge in [-0.05, 0) is 6.92 Å². The molecule has 3 aliphatic heterocycles. The summed E-state index contributed by atoms with van der Waals surface area (Å²) in [6.07, 6.45) is -4.50. The van der Waals surface area contributed by atoms with Gasteiger partial charge in [0.05, 0.1) is 6.33 Å². The number of hydrogen-bond acceptors (Lipinski definition) is 12. The Balaban J connectivity index is 1.25. The van der Waals surface area contributed by atoms with E-state index in [1.165, 1.54) is 29.2 Å². The molecular formula is C19H24N8O8. The molecule has 5 heterocycles. The number of likely N-dealkylation sites (tertiary alicyclic amines) is 1. The summed E-state index contributed by atoms with van der Waals surface area (Å²) in [5.74, 6) is -1.63. The first kappa shape index (κ1) is 23.2. The van der Waals surface area contributed by atoms with Gasteiger partial charge in [-0.2, -0.15) is 0 Å². The lowest BCUT2D eigenvalue weighted by Crippen LogP contribution is -2.61. The molecular weight excluding hydrogens is 468 g/mol. The molecule has 3 fully saturated rings. The maximum Gasteiger partial charge on any atom is 0.407 e. The number of amides is 3. The molecule has 7 N–H and O–H groups in total. The molecule has 0 aliphatic carbocycles. The number of imidazole rings is 1. The van der Waals surface area contributed by atoms with Crippen LogP contribution in [0, 0.1) is 0 Å². The first-order valence-corrected chi connectivity index (χ1v) is 10.7. The normalized spacial score (nSPS) is 36.2. The van der Waals surface area contributed by atoms with Crippen LogP contribution < -0.4 is 16.8 Å². The van der Waals surface area contributed by atoms with Crippen LogP contribution in [0.5, 0.6) is 0 Å². The molecule has 16 heteroatoms. The van der Waals surface area contributed by atoms with Gasteiger partial charge in [-0.3, -0.25) is 14.2 Å². The van der Waals surface area contributed by atoms with Crippen molar-refractivity contribution in [3.63, 3.8) is 0 Å². The van der Waals surface area contributed by atoms with E-state index in [-0.39, 0.29) is 24.4 Å². The van der Waals surface area contributed by atoms with Gasteiger partial charge in [-0.15, -0.1) is 0 Å². The fraction of sp³-hybridized carbons (Fsp3) is 0.579. The van der Waals surface area contributed by atoms with Crippen LogP contribution in [-0.2, 0) is 23.8 Å². The molecule has 2 aromatic rings. The lowest BCUT2D eigenvalue weighted by molar-refractivity contribution is -0.156. The number of primary amides is 1. The molecule has 7 atom stereocenters. The molecule has 3 saturated heterocycles. The zero-order valence-corrected chi connectivity index (χ0v) is 18.7. The van der Waals surface area contributed by atoms with E-state index in [2.05, 4.69) is 20.3 Å². The fourth-order valence-corrected chi connectivity index (χ4v) is 4.77. The zero-order chi connectivity index (χ0) is 25.3. The second kappa shape index (κ2) is 7.70. The number of nitrogens with zero attached hydrogens (tertiary/aromatic N) is 5. The van der Waals surface area contributed by atoms with E-state index in [1.54, 1.807) is 6.92 Å². The van der Waals surface area contributed by atoms with Crippen molar-refractivity contribution in [3.05, 3.63) is 12.7 Å². The molecule has 188 valence electrons. The summed E-state index contributed by atoms with van der Waals surface area (Å²) in [7, 11) is 1.47. The van der Waals surface area contributed by atoms with E-state index in [0.717, 1.165) is 0 Å². The number of nitrogens with two attached hydrogens (primary N) is 2. The molecule has 2 bridgehead atoms. The third-order valence-electron chi connectivity index (χ3n) is 6.79. The highest BCUT2D eigenvalue weighted by Crippen LogP contribution is 2.49. The number of carbonyl (C=O) groups is 3. The quantitative estimate of drug-likeness (QED) is 0.262. The maximum absolute atomic E-state index is 12.6. The minimum Gasteiger partial charge on any atom is -0.442 e. The summed E-state index contributed by atoms with van der Waals surface area (Å²) >= 11 is 0. The maximum atomic E-state index is 12.6. The molecule has 16 nitrogen and oxygen atoms in total. The van der Waals surface area contributed by atoms with Gasteiger partial charge in [-0.25, -0.2) is 19.7 Å². The highest BCUT2D eigenvalue weighted by molar-refractivity contribution is 6.11. The lowest BCUT2D eigenvalue weighted by Gasteiger charge is -2.33. The molecule has 0 radical (unpaired) electrons. The van der Waals surface area contributed by atoms with E-state index in [1.807, 2.05) is 0 Å². The minimum absolute atomic E-state index is 0.0354.